The molecule has 1 fully saturated rings. The number of likely N-dealkylation sites (N-methyl/N-ethyl adjacent to an activating group) is 1. The third kappa shape index (κ3) is 4.89. The summed E-state index contributed by atoms with van der Waals surface area (Å²) in [6.07, 6.45) is 4.72. The first kappa shape index (κ1) is 24.1. The first-order chi connectivity index (χ1) is 16.5. The lowest BCUT2D eigenvalue weighted by atomic mass is 9.72. The highest BCUT2D eigenvalue weighted by Crippen LogP contribution is 2.38. The van der Waals surface area contributed by atoms with Crippen molar-refractivity contribution in [2.75, 3.05) is 58.1 Å². The maximum atomic E-state index is 6.37. The molecule has 0 spiro atoms. The smallest absolute Gasteiger partial charge is 0.227 e. The van der Waals surface area contributed by atoms with Crippen LogP contribution in [0.5, 0.6) is 11.5 Å². The summed E-state index contributed by atoms with van der Waals surface area (Å²) in [5.74, 6) is 2.31. The van der Waals surface area contributed by atoms with Gasteiger partial charge < -0.3 is 25.0 Å². The third-order valence-electron chi connectivity index (χ3n) is 7.13. The second-order valence-corrected chi connectivity index (χ2v) is 9.33. The van der Waals surface area contributed by atoms with E-state index in [0.29, 0.717) is 23.3 Å². The maximum Gasteiger partial charge on any atom is 0.227 e. The van der Waals surface area contributed by atoms with Crippen molar-refractivity contribution in [3.8, 4) is 11.5 Å². The van der Waals surface area contributed by atoms with Crippen molar-refractivity contribution in [3.05, 3.63) is 48.0 Å². The second-order valence-electron chi connectivity index (χ2n) is 9.33. The van der Waals surface area contributed by atoms with Crippen LogP contribution >= 0.6 is 0 Å². The van der Waals surface area contributed by atoms with Gasteiger partial charge in [0.15, 0.2) is 11.5 Å². The summed E-state index contributed by atoms with van der Waals surface area (Å²) < 4.78 is 10.9. The van der Waals surface area contributed by atoms with Crippen molar-refractivity contribution in [1.29, 1.82) is 0 Å². The molecule has 2 aromatic carbocycles. The predicted octanol–water partition coefficient (Wildman–Crippen LogP) is 4.50. The Kier molecular flexibility index (Phi) is 7.41. The molecule has 0 radical (unpaired) electrons. The van der Waals surface area contributed by atoms with E-state index < -0.39 is 0 Å². The first-order valence-electron chi connectivity index (χ1n) is 12.2. The number of piperidine rings is 1. The van der Waals surface area contributed by atoms with E-state index in [1.54, 1.807) is 14.2 Å². The SMILES string of the molecule is CCCCN1CCC(CN(C)c2nc(N)c3cc(OC)c(OC)cc3n2)(c2ccccc2)CC1. The largest absolute Gasteiger partial charge is 0.493 e. The molecule has 7 nitrogen and oxygen atoms in total. The van der Waals surface area contributed by atoms with E-state index in [4.69, 9.17) is 20.2 Å². The van der Waals surface area contributed by atoms with Crippen LogP contribution in [0.2, 0.25) is 0 Å². The van der Waals surface area contributed by atoms with Gasteiger partial charge in [0.2, 0.25) is 5.95 Å². The van der Waals surface area contributed by atoms with Gasteiger partial charge in [0.25, 0.3) is 0 Å². The van der Waals surface area contributed by atoms with Crippen molar-refractivity contribution < 1.29 is 9.47 Å². The third-order valence-corrected chi connectivity index (χ3v) is 7.13. The van der Waals surface area contributed by atoms with Crippen LogP contribution in [-0.4, -0.2) is 62.3 Å². The number of unbranched alkanes of at least 4 members (excludes halogenated alkanes) is 1. The highest BCUT2D eigenvalue weighted by molar-refractivity contribution is 5.91. The number of hydrogen-bond acceptors (Lipinski definition) is 7. The second kappa shape index (κ2) is 10.5. The zero-order valence-electron chi connectivity index (χ0n) is 20.9. The van der Waals surface area contributed by atoms with Crippen LogP contribution in [-0.2, 0) is 5.41 Å². The van der Waals surface area contributed by atoms with Crippen LogP contribution in [0.25, 0.3) is 10.9 Å². The fourth-order valence-corrected chi connectivity index (χ4v) is 5.08. The van der Waals surface area contributed by atoms with E-state index >= 15 is 0 Å². The Labute approximate surface area is 202 Å². The quantitative estimate of drug-likeness (QED) is 0.501. The Morgan fingerprint density at radius 3 is 2.35 bits per heavy atom. The maximum absolute atomic E-state index is 6.37. The van der Waals surface area contributed by atoms with Crippen LogP contribution < -0.4 is 20.1 Å². The monoisotopic (exact) mass is 463 g/mol. The number of aromatic nitrogens is 2. The lowest BCUT2D eigenvalue weighted by Gasteiger charge is -2.44. The molecule has 0 saturated carbocycles. The molecule has 0 amide bonds. The van der Waals surface area contributed by atoms with Crippen LogP contribution in [0.3, 0.4) is 0 Å². The first-order valence-corrected chi connectivity index (χ1v) is 12.2. The topological polar surface area (TPSA) is 76.7 Å². The molecule has 1 aromatic heterocycles. The van der Waals surface area contributed by atoms with Crippen molar-refractivity contribution in [2.24, 2.45) is 0 Å². The predicted molar refractivity (Wildman–Crippen MR) is 139 cm³/mol. The minimum absolute atomic E-state index is 0.0450. The van der Waals surface area contributed by atoms with Crippen LogP contribution in [0.1, 0.15) is 38.2 Å². The number of hydrogen-bond donors (Lipinski definition) is 1. The van der Waals surface area contributed by atoms with Crippen LogP contribution in [0.4, 0.5) is 11.8 Å². The summed E-state index contributed by atoms with van der Waals surface area (Å²) in [6.45, 7) is 6.50. The van der Waals surface area contributed by atoms with Gasteiger partial charge in [-0.1, -0.05) is 43.7 Å². The van der Waals surface area contributed by atoms with Gasteiger partial charge >= 0.3 is 0 Å². The number of ether oxygens (including phenoxy) is 2. The van der Waals surface area contributed by atoms with Crippen LogP contribution in [0.15, 0.2) is 42.5 Å². The summed E-state index contributed by atoms with van der Waals surface area (Å²) >= 11 is 0. The van der Waals surface area contributed by atoms with Gasteiger partial charge in [-0.05, 0) is 50.5 Å². The summed E-state index contributed by atoms with van der Waals surface area (Å²) in [7, 11) is 5.30. The van der Waals surface area contributed by atoms with Crippen molar-refractivity contribution in [1.82, 2.24) is 14.9 Å². The van der Waals surface area contributed by atoms with Crippen molar-refractivity contribution in [3.63, 3.8) is 0 Å². The summed E-state index contributed by atoms with van der Waals surface area (Å²) in [5, 5.41) is 0.761. The molecule has 0 bridgehead atoms. The average Bonchev–Trinajstić information content (AvgIpc) is 2.88. The van der Waals surface area contributed by atoms with E-state index in [0.717, 1.165) is 43.4 Å². The number of methoxy groups -OCH3 is 2. The molecule has 3 aromatic rings. The van der Waals surface area contributed by atoms with Gasteiger partial charge in [0, 0.05) is 30.5 Å². The number of rotatable bonds is 9. The Morgan fingerprint density at radius 1 is 1.03 bits per heavy atom. The molecule has 4 rings (SSSR count). The Balaban J connectivity index is 1.63. The van der Waals surface area contributed by atoms with Gasteiger partial charge in [0.05, 0.1) is 19.7 Å². The lowest BCUT2D eigenvalue weighted by Crippen LogP contribution is -2.48. The Morgan fingerprint density at radius 2 is 1.71 bits per heavy atom. The molecule has 7 heteroatoms. The Bertz CT molecular complexity index is 1100. The highest BCUT2D eigenvalue weighted by Gasteiger charge is 2.37. The average molecular weight is 464 g/mol. The van der Waals surface area contributed by atoms with Crippen molar-refractivity contribution >= 4 is 22.7 Å². The fraction of sp³-hybridized carbons (Fsp3) is 0.481. The molecule has 2 N–H and O–H groups in total. The molecule has 34 heavy (non-hydrogen) atoms. The molecule has 0 aliphatic carbocycles. The fourth-order valence-electron chi connectivity index (χ4n) is 5.08. The van der Waals surface area contributed by atoms with E-state index in [9.17, 15) is 0 Å². The number of nitrogens with zero attached hydrogens (tertiary/aromatic N) is 4. The number of benzene rings is 2. The number of nitrogens with two attached hydrogens (primary N) is 1. The molecule has 1 aliphatic heterocycles. The number of likely N-dealkylation sites (tertiary alicyclic amines) is 1. The van der Waals surface area contributed by atoms with Gasteiger partial charge in [-0.25, -0.2) is 4.98 Å². The standard InChI is InChI=1S/C27H37N5O2/c1-5-6-14-32-15-12-27(13-16-32,20-10-8-7-9-11-20)19-31(2)26-29-22-18-24(34-4)23(33-3)17-21(22)25(28)30-26/h7-11,17-18H,5-6,12-16,19H2,1-4H3,(H2,28,29,30). The summed E-state index contributed by atoms with van der Waals surface area (Å²) in [4.78, 5) is 14.3. The Hall–Kier alpha value is -3.06. The molecular formula is C27H37N5O2. The van der Waals surface area contributed by atoms with Gasteiger partial charge in [-0.3, -0.25) is 0 Å². The van der Waals surface area contributed by atoms with E-state index in [-0.39, 0.29) is 5.41 Å². The minimum atomic E-state index is 0.0450. The number of anilines is 2. The van der Waals surface area contributed by atoms with Crippen molar-refractivity contribution in [2.45, 2.75) is 38.0 Å². The van der Waals surface area contributed by atoms with E-state index in [1.165, 1.54) is 24.9 Å². The molecule has 0 unspecified atom stereocenters. The van der Waals surface area contributed by atoms with Gasteiger partial charge in [0.1, 0.15) is 5.82 Å². The molecule has 0 atom stereocenters. The molecule has 1 saturated heterocycles. The van der Waals surface area contributed by atoms with Crippen LogP contribution in [0, 0.1) is 0 Å². The number of nitrogen functional groups attached to an aromatic ring is 1. The van der Waals surface area contributed by atoms with E-state index in [1.807, 2.05) is 12.1 Å². The zero-order valence-corrected chi connectivity index (χ0v) is 20.9. The van der Waals surface area contributed by atoms with Gasteiger partial charge in [-0.2, -0.15) is 4.98 Å². The molecule has 1 aliphatic rings. The lowest BCUT2D eigenvalue weighted by molar-refractivity contribution is 0.159. The normalized spacial score (nSPS) is 15.9. The molecule has 182 valence electrons. The highest BCUT2D eigenvalue weighted by atomic mass is 16.5. The minimum Gasteiger partial charge on any atom is -0.493 e. The molecular weight excluding hydrogens is 426 g/mol. The summed E-state index contributed by atoms with van der Waals surface area (Å²) in [6, 6.07) is 14.6. The van der Waals surface area contributed by atoms with E-state index in [2.05, 4.69) is 59.1 Å². The van der Waals surface area contributed by atoms with Gasteiger partial charge in [-0.15, -0.1) is 0 Å². The number of fused-ring (bicyclic) bond motifs is 1. The zero-order chi connectivity index (χ0) is 24.1. The summed E-state index contributed by atoms with van der Waals surface area (Å²) in [5.41, 5.74) is 8.55. The molecule has 2 heterocycles.